The second kappa shape index (κ2) is 6.30. The van der Waals surface area contributed by atoms with Crippen LogP contribution in [0.4, 0.5) is 5.82 Å². The van der Waals surface area contributed by atoms with Crippen LogP contribution >= 0.6 is 0 Å². The summed E-state index contributed by atoms with van der Waals surface area (Å²) in [6.45, 7) is 11.8. The first kappa shape index (κ1) is 15.6. The molecule has 0 spiro atoms. The summed E-state index contributed by atoms with van der Waals surface area (Å²) in [6, 6.07) is 13.0. The number of hydrogen-bond acceptors (Lipinski definition) is 2. The lowest BCUT2D eigenvalue weighted by atomic mass is 9.88. The summed E-state index contributed by atoms with van der Waals surface area (Å²) >= 11 is 0. The molecular weight excluding hydrogens is 256 g/mol. The Hall–Kier alpha value is -1.83. The molecule has 2 heteroatoms. The van der Waals surface area contributed by atoms with E-state index in [1.165, 1.54) is 16.7 Å². The Balaban J connectivity index is 1.96. The van der Waals surface area contributed by atoms with Crippen LogP contribution in [0.2, 0.25) is 0 Å². The maximum absolute atomic E-state index is 4.49. The summed E-state index contributed by atoms with van der Waals surface area (Å²) in [5.74, 6) is 1.51. The van der Waals surface area contributed by atoms with Crippen molar-refractivity contribution in [2.45, 2.75) is 52.5 Å². The van der Waals surface area contributed by atoms with Gasteiger partial charge in [0.05, 0.1) is 0 Å². The van der Waals surface area contributed by atoms with Crippen molar-refractivity contribution in [2.24, 2.45) is 0 Å². The van der Waals surface area contributed by atoms with Gasteiger partial charge < -0.3 is 5.32 Å². The summed E-state index contributed by atoms with van der Waals surface area (Å²) in [5, 5.41) is 3.38. The lowest BCUT2D eigenvalue weighted by Gasteiger charge is -2.18. The van der Waals surface area contributed by atoms with Crippen molar-refractivity contribution in [3.05, 3.63) is 59.3 Å². The molecule has 0 aliphatic rings. The average molecular weight is 282 g/mol. The van der Waals surface area contributed by atoms with Crippen molar-refractivity contribution in [3.8, 4) is 0 Å². The fraction of sp³-hybridized carbons (Fsp3) is 0.421. The van der Waals surface area contributed by atoms with Gasteiger partial charge in [-0.2, -0.15) is 0 Å². The van der Waals surface area contributed by atoms with Gasteiger partial charge in [-0.3, -0.25) is 0 Å². The monoisotopic (exact) mass is 282 g/mol. The van der Waals surface area contributed by atoms with E-state index in [2.05, 4.69) is 81.3 Å². The molecule has 0 amide bonds. The molecule has 21 heavy (non-hydrogen) atoms. The molecule has 2 nitrogen and oxygen atoms in total. The molecule has 2 aromatic rings. The summed E-state index contributed by atoms with van der Waals surface area (Å²) in [4.78, 5) is 4.49. The Bertz CT molecular complexity index is 560. The third kappa shape index (κ3) is 4.32. The zero-order valence-electron chi connectivity index (χ0n) is 13.8. The summed E-state index contributed by atoms with van der Waals surface area (Å²) in [7, 11) is 0. The van der Waals surface area contributed by atoms with E-state index >= 15 is 0 Å². The van der Waals surface area contributed by atoms with Gasteiger partial charge in [-0.05, 0) is 34.1 Å². The number of nitrogens with one attached hydrogen (secondary N) is 1. The molecule has 1 N–H and O–H groups in total. The molecule has 1 heterocycles. The summed E-state index contributed by atoms with van der Waals surface area (Å²) in [6.07, 6.45) is 1.96. The Kier molecular flexibility index (Phi) is 4.66. The van der Waals surface area contributed by atoms with Crippen molar-refractivity contribution in [2.75, 3.05) is 5.32 Å². The molecule has 1 aromatic heterocycles. The molecule has 0 aliphatic heterocycles. The molecule has 0 unspecified atom stereocenters. The highest BCUT2D eigenvalue weighted by molar-refractivity contribution is 5.38. The van der Waals surface area contributed by atoms with Crippen LogP contribution in [0.1, 0.15) is 57.2 Å². The highest BCUT2D eigenvalue weighted by atomic mass is 15.0. The minimum atomic E-state index is 0.151. The van der Waals surface area contributed by atoms with Gasteiger partial charge in [-0.25, -0.2) is 4.98 Å². The van der Waals surface area contributed by atoms with Crippen LogP contribution in [0, 0.1) is 0 Å². The van der Waals surface area contributed by atoms with Gasteiger partial charge in [0.1, 0.15) is 5.82 Å². The third-order valence-electron chi connectivity index (χ3n) is 3.75. The molecule has 0 saturated heterocycles. The minimum absolute atomic E-state index is 0.151. The van der Waals surface area contributed by atoms with Crippen molar-refractivity contribution in [3.63, 3.8) is 0 Å². The predicted octanol–water partition coefficient (Wildman–Crippen LogP) is 5.11. The Morgan fingerprint density at radius 3 is 2.14 bits per heavy atom. The molecule has 0 bridgehead atoms. The van der Waals surface area contributed by atoms with Crippen LogP contribution in [-0.2, 0) is 12.0 Å². The van der Waals surface area contributed by atoms with Crippen molar-refractivity contribution in [1.82, 2.24) is 4.98 Å². The van der Waals surface area contributed by atoms with E-state index in [1.54, 1.807) is 0 Å². The normalized spacial score (nSPS) is 11.7. The first-order valence-corrected chi connectivity index (χ1v) is 7.65. The third-order valence-corrected chi connectivity index (χ3v) is 3.75. The predicted molar refractivity (Wildman–Crippen MR) is 90.8 cm³/mol. The molecule has 0 fully saturated rings. The standard InChI is InChI=1S/C19H26N2/c1-14(2)16-8-6-15(7-9-16)12-20-18-11-10-17(13-21-18)19(3,4)5/h6-11,13-14H,12H2,1-5H3,(H,20,21). The van der Waals surface area contributed by atoms with Crippen LogP contribution in [-0.4, -0.2) is 4.98 Å². The molecule has 0 atom stereocenters. The zero-order valence-corrected chi connectivity index (χ0v) is 13.8. The quantitative estimate of drug-likeness (QED) is 0.842. The fourth-order valence-electron chi connectivity index (χ4n) is 2.16. The Morgan fingerprint density at radius 2 is 1.67 bits per heavy atom. The number of aromatic nitrogens is 1. The molecule has 2 rings (SSSR count). The van der Waals surface area contributed by atoms with Crippen LogP contribution in [0.3, 0.4) is 0 Å². The lowest BCUT2D eigenvalue weighted by Crippen LogP contribution is -2.11. The van der Waals surface area contributed by atoms with E-state index in [1.807, 2.05) is 6.20 Å². The SMILES string of the molecule is CC(C)c1ccc(CNc2ccc(C(C)(C)C)cn2)cc1. The maximum Gasteiger partial charge on any atom is 0.126 e. The van der Waals surface area contributed by atoms with Crippen LogP contribution in [0.15, 0.2) is 42.6 Å². The van der Waals surface area contributed by atoms with E-state index in [0.29, 0.717) is 5.92 Å². The largest absolute Gasteiger partial charge is 0.366 e. The van der Waals surface area contributed by atoms with E-state index < -0.39 is 0 Å². The van der Waals surface area contributed by atoms with Crippen LogP contribution in [0.5, 0.6) is 0 Å². The smallest absolute Gasteiger partial charge is 0.126 e. The van der Waals surface area contributed by atoms with Crippen LogP contribution < -0.4 is 5.32 Å². The highest BCUT2D eigenvalue weighted by Crippen LogP contribution is 2.22. The minimum Gasteiger partial charge on any atom is -0.366 e. The lowest BCUT2D eigenvalue weighted by molar-refractivity contribution is 0.587. The number of anilines is 1. The van der Waals surface area contributed by atoms with Gasteiger partial charge in [0.25, 0.3) is 0 Å². The molecule has 0 aliphatic carbocycles. The molecule has 112 valence electrons. The summed E-state index contributed by atoms with van der Waals surface area (Å²) < 4.78 is 0. The van der Waals surface area contributed by atoms with Gasteiger partial charge in [-0.15, -0.1) is 0 Å². The van der Waals surface area contributed by atoms with Crippen molar-refractivity contribution >= 4 is 5.82 Å². The van der Waals surface area contributed by atoms with Gasteiger partial charge >= 0.3 is 0 Å². The second-order valence-corrected chi connectivity index (χ2v) is 6.93. The molecular formula is C19H26N2. The highest BCUT2D eigenvalue weighted by Gasteiger charge is 2.13. The Labute approximate surface area is 128 Å². The fourth-order valence-corrected chi connectivity index (χ4v) is 2.16. The van der Waals surface area contributed by atoms with Gasteiger partial charge in [0.2, 0.25) is 0 Å². The van der Waals surface area contributed by atoms with E-state index in [9.17, 15) is 0 Å². The molecule has 0 radical (unpaired) electrons. The zero-order chi connectivity index (χ0) is 15.5. The van der Waals surface area contributed by atoms with E-state index in [4.69, 9.17) is 0 Å². The number of hydrogen-bond donors (Lipinski definition) is 1. The first-order chi connectivity index (χ1) is 9.86. The van der Waals surface area contributed by atoms with Gasteiger partial charge in [0.15, 0.2) is 0 Å². The number of nitrogens with zero attached hydrogens (tertiary/aromatic N) is 1. The van der Waals surface area contributed by atoms with Crippen molar-refractivity contribution < 1.29 is 0 Å². The van der Waals surface area contributed by atoms with E-state index in [0.717, 1.165) is 12.4 Å². The topological polar surface area (TPSA) is 24.9 Å². The summed E-state index contributed by atoms with van der Waals surface area (Å²) in [5.41, 5.74) is 4.07. The molecule has 0 saturated carbocycles. The van der Waals surface area contributed by atoms with Crippen molar-refractivity contribution in [1.29, 1.82) is 0 Å². The van der Waals surface area contributed by atoms with E-state index in [-0.39, 0.29) is 5.41 Å². The second-order valence-electron chi connectivity index (χ2n) is 6.93. The number of rotatable bonds is 4. The van der Waals surface area contributed by atoms with Crippen LogP contribution in [0.25, 0.3) is 0 Å². The molecule has 1 aromatic carbocycles. The average Bonchev–Trinajstić information content (AvgIpc) is 2.45. The maximum atomic E-state index is 4.49. The van der Waals surface area contributed by atoms with Gasteiger partial charge in [0, 0.05) is 12.7 Å². The van der Waals surface area contributed by atoms with Gasteiger partial charge in [-0.1, -0.05) is 65.0 Å². The number of benzene rings is 1. The number of pyridine rings is 1. The first-order valence-electron chi connectivity index (χ1n) is 7.65. The Morgan fingerprint density at radius 1 is 1.00 bits per heavy atom.